The van der Waals surface area contributed by atoms with Crippen molar-refractivity contribution in [1.29, 1.82) is 0 Å². The number of piperidine rings is 1. The van der Waals surface area contributed by atoms with Crippen molar-refractivity contribution in [3.63, 3.8) is 0 Å². The number of nitro groups is 4. The van der Waals surface area contributed by atoms with E-state index in [4.69, 9.17) is 19.9 Å². The van der Waals surface area contributed by atoms with Crippen LogP contribution in [-0.2, 0) is 52.6 Å². The number of rotatable bonds is 23. The summed E-state index contributed by atoms with van der Waals surface area (Å²) in [5.74, 6) is 0. The number of carbonyl (C=O) groups excluding carboxylic acids is 3. The molecule has 1 saturated heterocycles. The maximum Gasteiger partial charge on any atom is 0.415 e. The number of ether oxygens (including phenoxy) is 3. The molecule has 1 radical (unpaired) electrons. The summed E-state index contributed by atoms with van der Waals surface area (Å²) < 4.78 is 16.5. The van der Waals surface area contributed by atoms with Crippen molar-refractivity contribution < 1.29 is 68.3 Å². The van der Waals surface area contributed by atoms with E-state index in [1.165, 1.54) is 45.6 Å². The van der Waals surface area contributed by atoms with Crippen LogP contribution >= 0.6 is 34.2 Å². The molecule has 5 heterocycles. The predicted octanol–water partition coefficient (Wildman–Crippen LogP) is 24.6. The van der Waals surface area contributed by atoms with Gasteiger partial charge in [-0.2, -0.15) is 0 Å². The van der Waals surface area contributed by atoms with Gasteiger partial charge in [-0.1, -0.05) is 342 Å². The van der Waals surface area contributed by atoms with E-state index >= 15 is 0 Å². The zero-order chi connectivity index (χ0) is 90.3. The van der Waals surface area contributed by atoms with Gasteiger partial charge >= 0.3 is 18.3 Å². The van der Waals surface area contributed by atoms with Crippen molar-refractivity contribution in [2.24, 2.45) is 10.7 Å². The Morgan fingerprint density at radius 1 is 0.460 bits per heavy atom. The van der Waals surface area contributed by atoms with Crippen LogP contribution in [0.3, 0.4) is 0 Å². The Hall–Kier alpha value is -10.4. The van der Waals surface area contributed by atoms with Crippen molar-refractivity contribution in [2.75, 3.05) is 6.38 Å². The van der Waals surface area contributed by atoms with Gasteiger partial charge in [-0.3, -0.25) is 65.1 Å². The Morgan fingerprint density at radius 2 is 0.802 bits per heavy atom. The van der Waals surface area contributed by atoms with Gasteiger partial charge in [0, 0.05) is 115 Å². The Kier molecular flexibility index (Phi) is 51.1. The Balaban J connectivity index is 0.000000401. The fourth-order valence-electron chi connectivity index (χ4n) is 15.7. The number of aliphatic imine (C=N–C) groups is 1. The minimum absolute atomic E-state index is 0. The van der Waals surface area contributed by atoms with Crippen molar-refractivity contribution in [3.05, 3.63) is 368 Å². The third-order valence-corrected chi connectivity index (χ3v) is 26.0. The standard InChI is InChI=1S/C21H24N2O4.2C21H22N2O4.C13H16N2O2.C13H18N2.C6H16Si.CH3Cl.CH2I.CH4.V.H2/c3*1-2-18-13-14-19(23(25)26)20(17-11-7-4-8-12-17)22(18)21(24)27-15-16-9-5-3-6-10-16;1-2-11-8-9-12(15(16)17)13(14-11)10-6-4-3-5-7-10;1-2-11-8-9-12(14)13(15-11)10-6-4-3-5-7-10;1-4-7(5-2)6-3;2*1-2;;;/h3-12,18-20H,2,13-15H2,1H3;2*3-13,19-20H,2,14-15H2,1H3;3-7,12-13H,2,8-9H2,1H3;3-8,12-13,15H,2,9,14H2,1H3;7H,4-6H2,1-3H3;1H3;1H2;1H4;;1H/q;;;;;;;-1;;;/t18-,19-,20-;19?,20-;19-,20-;12?,13-;12-,13-;;;;;;/m00000....../s1. The molecule has 2 unspecified atom stereocenters. The summed E-state index contributed by atoms with van der Waals surface area (Å²) in [6.07, 6.45) is 13.4. The second-order valence-corrected chi connectivity index (χ2v) is 34.2. The van der Waals surface area contributed by atoms with Gasteiger partial charge in [0.25, 0.3) is 0 Å². The van der Waals surface area contributed by atoms with E-state index in [0.717, 1.165) is 88.2 Å². The van der Waals surface area contributed by atoms with Crippen molar-refractivity contribution in [2.45, 2.75) is 244 Å². The average molecular weight is 1910 g/mol. The van der Waals surface area contributed by atoms with Gasteiger partial charge in [-0.05, 0) is 95.9 Å². The molecule has 11 atom stereocenters. The molecule has 5 aliphatic rings. The van der Waals surface area contributed by atoms with Crippen LogP contribution in [0.15, 0.2) is 283 Å². The van der Waals surface area contributed by atoms with Crippen LogP contribution in [0, 0.1) is 45.4 Å². The van der Waals surface area contributed by atoms with Gasteiger partial charge in [-0.25, -0.2) is 14.4 Å². The molecule has 3 N–H and O–H groups in total. The first-order valence-corrected chi connectivity index (χ1v) is 47.5. The molecule has 126 heavy (non-hydrogen) atoms. The maximum absolute atomic E-state index is 13.0. The van der Waals surface area contributed by atoms with E-state index in [1.54, 1.807) is 17.1 Å². The number of hydrogen-bond donors (Lipinski definition) is 2. The minimum Gasteiger partial charge on any atom is -0.445 e. The van der Waals surface area contributed by atoms with Crippen LogP contribution in [0.1, 0.15) is 216 Å². The van der Waals surface area contributed by atoms with Crippen molar-refractivity contribution >= 4 is 67.0 Å². The summed E-state index contributed by atoms with van der Waals surface area (Å²) in [4.78, 5) is 96.2. The van der Waals surface area contributed by atoms with E-state index in [-0.39, 0.29) is 113 Å². The number of amides is 3. The smallest absolute Gasteiger partial charge is 0.415 e. The Labute approximate surface area is 779 Å². The minimum atomic E-state index is -0.910. The Bertz CT molecular complexity index is 4480. The summed E-state index contributed by atoms with van der Waals surface area (Å²) in [6.45, 7) is 17.4. The van der Waals surface area contributed by atoms with Crippen molar-refractivity contribution in [1.82, 2.24) is 20.0 Å². The fourth-order valence-corrected chi connectivity index (χ4v) is 17.4. The quantitative estimate of drug-likeness (QED) is 0.0114. The second-order valence-electron chi connectivity index (χ2n) is 30.0. The molecule has 0 saturated carbocycles. The molecule has 3 amide bonds. The first kappa shape index (κ1) is 108. The molecule has 0 aromatic heterocycles. The van der Waals surface area contributed by atoms with Gasteiger partial charge in [0.2, 0.25) is 24.2 Å². The summed E-state index contributed by atoms with van der Waals surface area (Å²) in [5, 5.41) is 49.6. The van der Waals surface area contributed by atoms with Gasteiger partial charge in [-0.15, -0.1) is 11.6 Å². The third kappa shape index (κ3) is 32.8. The summed E-state index contributed by atoms with van der Waals surface area (Å²) in [7, 11) is -0.171. The van der Waals surface area contributed by atoms with Crippen molar-refractivity contribution in [3.8, 4) is 0 Å². The number of nitrogens with two attached hydrogens (primary N) is 1. The number of alkyl halides is 1. The number of likely N-dealkylation sites (tertiary alicyclic amines) is 1. The number of hydrogen-bond acceptors (Lipinski definition) is 17. The SMILES string of the molecule is C.CCC1=CCC([N+](=O)[O-])[C@H](c2ccccc2)N1C(=O)OCc1ccccc1.CCC1=CC[C@H](N)[C@H](c2ccccc2)N1.CCC1=CC[C@H]([N+](=O)[O-])[C@H](c2ccccc2)N1C(=O)OCc1ccccc1.CCC1=N[C@@H](c2ccccc2)C([N+](=O)[O-])CC1.CC[C@H]1CC[C@H]([N+](=O)[O-])[C@H](c2ccccc2)N1C(=O)OCc1ccccc1.CC[SiH](CC)CC.CCl.[CH2-]I.[HH].[V]. The molecular formula is C98H129ClIN10O14SiV-. The van der Waals surface area contributed by atoms with E-state index in [2.05, 4.69) is 84.9 Å². The zero-order valence-electron chi connectivity index (χ0n) is 73.3. The van der Waals surface area contributed by atoms with Crippen LogP contribution in [-0.4, -0.2) is 110 Å². The molecule has 13 rings (SSSR count). The average Bonchev–Trinajstić information content (AvgIpc) is 0.785. The summed E-state index contributed by atoms with van der Waals surface area (Å²) in [6, 6.07) is 75.0. The van der Waals surface area contributed by atoms with Crippen LogP contribution in [0.5, 0.6) is 0 Å². The molecule has 8 aromatic rings. The molecule has 24 nitrogen and oxygen atoms in total. The molecule has 0 aliphatic carbocycles. The van der Waals surface area contributed by atoms with Crippen LogP contribution in [0.2, 0.25) is 18.1 Å². The third-order valence-electron chi connectivity index (χ3n) is 22.5. The summed E-state index contributed by atoms with van der Waals surface area (Å²) >= 11 is 6.54. The van der Waals surface area contributed by atoms with Gasteiger partial charge in [0.1, 0.15) is 44.0 Å². The zero-order valence-corrected chi connectivity index (χ0v) is 78.7. The predicted molar refractivity (Wildman–Crippen MR) is 513 cm³/mol. The summed E-state index contributed by atoms with van der Waals surface area (Å²) in [5.41, 5.74) is 17.1. The van der Waals surface area contributed by atoms with Crippen LogP contribution < -0.4 is 11.1 Å². The number of halogens is 2. The second kappa shape index (κ2) is 59.6. The van der Waals surface area contributed by atoms with Gasteiger partial charge < -0.3 is 47.9 Å². The van der Waals surface area contributed by atoms with E-state index < -0.39 is 60.6 Å². The number of nitrogens with one attached hydrogen (secondary N) is 1. The maximum atomic E-state index is 13.0. The molecule has 8 aromatic carbocycles. The normalized spacial score (nSPS) is 20.0. The molecule has 679 valence electrons. The molecule has 5 aliphatic heterocycles. The molecule has 1 fully saturated rings. The van der Waals surface area contributed by atoms with Crippen LogP contribution in [0.25, 0.3) is 0 Å². The van der Waals surface area contributed by atoms with E-state index in [9.17, 15) is 54.8 Å². The monoisotopic (exact) mass is 1910 g/mol. The Morgan fingerprint density at radius 3 is 1.13 bits per heavy atom. The van der Waals surface area contributed by atoms with Crippen LogP contribution in [0.4, 0.5) is 14.4 Å². The number of benzene rings is 8. The van der Waals surface area contributed by atoms with E-state index in [1.807, 2.05) is 269 Å². The molecule has 0 spiro atoms. The molecule has 0 bridgehead atoms. The molecule has 28 heteroatoms. The fraction of sp³-hybridized carbons (Fsp3) is 0.398. The topological polar surface area (TPSA) is 312 Å². The largest absolute Gasteiger partial charge is 0.445 e. The number of allylic oxidation sites excluding steroid dienone is 3. The van der Waals surface area contributed by atoms with E-state index in [0.29, 0.717) is 32.1 Å². The van der Waals surface area contributed by atoms with Gasteiger partial charge in [0.15, 0.2) is 0 Å². The first-order valence-electron chi connectivity index (χ1n) is 42.8. The number of carbonyl (C=O) groups is 3. The first-order chi connectivity index (χ1) is 60.2. The number of nitrogens with zero attached hydrogens (tertiary/aromatic N) is 8. The van der Waals surface area contributed by atoms with Gasteiger partial charge in [0.05, 0.1) is 6.04 Å². The molecular weight excluding hydrogens is 1780 g/mol.